The van der Waals surface area contributed by atoms with Crippen LogP contribution in [0, 0.1) is 71.0 Å². The molecule has 2 nitrogen and oxygen atoms in total. The van der Waals surface area contributed by atoms with Crippen LogP contribution >= 0.6 is 23.2 Å². The third kappa shape index (κ3) is 12.1. The molecule has 4 heteroatoms. The molecule has 0 aromatic heterocycles. The van der Waals surface area contributed by atoms with Crippen molar-refractivity contribution in [3.05, 3.63) is 97.6 Å². The summed E-state index contributed by atoms with van der Waals surface area (Å²) in [5.41, 5.74) is 0. The molecule has 272 valence electrons. The van der Waals surface area contributed by atoms with E-state index in [9.17, 15) is 0 Å². The van der Waals surface area contributed by atoms with Crippen molar-refractivity contribution >= 4 is 23.2 Å². The van der Waals surface area contributed by atoms with E-state index < -0.39 is 0 Å². The standard InChI is InChI=1S/C22H32O.C10H12.C7H10.C5H10O.CH2Cl2/c1-3-6-19-16-20(22-8-5-7-21(19)22)12-11-17-9-10-18(15-17)13-14-23-4-2;1-2-9-7-4-5-8(6-7)10(9)3-1;1-2-7-4-3-6(1)5-7;1-3-5-6-4-2;2-1-3/h3,5-6,8,11-14,17-22H,4,7,9-10,15-16H2,1-2H3;1-2,4-5,7-10H,3,6H2;1-2,6-7H,3-5H2;3,5H,4H2,1-2H3;1H2/b6-3+,12-11-,14-13+;;;;/t;7-,8?,9-,10-;;;/m.1.../s1. The van der Waals surface area contributed by atoms with Crippen molar-refractivity contribution in [1.29, 1.82) is 0 Å². The number of rotatable bonds is 8. The maximum absolute atomic E-state index is 5.34. The van der Waals surface area contributed by atoms with Crippen LogP contribution < -0.4 is 0 Å². The third-order valence-corrected chi connectivity index (χ3v) is 12.1. The predicted molar refractivity (Wildman–Crippen MR) is 212 cm³/mol. The third-order valence-electron chi connectivity index (χ3n) is 12.1. The first-order valence-electron chi connectivity index (χ1n) is 19.7. The zero-order valence-corrected chi connectivity index (χ0v) is 32.4. The van der Waals surface area contributed by atoms with Gasteiger partial charge in [0.2, 0.25) is 0 Å². The van der Waals surface area contributed by atoms with E-state index in [2.05, 4.69) is 85.9 Å². The van der Waals surface area contributed by atoms with Crippen molar-refractivity contribution < 1.29 is 9.47 Å². The van der Waals surface area contributed by atoms with Crippen LogP contribution in [-0.2, 0) is 9.47 Å². The van der Waals surface area contributed by atoms with Crippen LogP contribution in [0.1, 0.15) is 91.9 Å². The molecule has 0 amide bonds. The molecule has 0 aromatic rings. The van der Waals surface area contributed by atoms with E-state index in [1.165, 1.54) is 64.2 Å². The lowest BCUT2D eigenvalue weighted by atomic mass is 9.86. The van der Waals surface area contributed by atoms with E-state index in [1.807, 2.05) is 33.1 Å². The SMILES string of the molecule is C/C=C/C1CC(/C=C\C2CCC(/C=C/OCC)C2)C2C=CCC12.C1=CC2CCC1C2.C1=C[C@@H]2[C@@H]3C=CC(C3)[C@H]2C1.CC=COCC.ClCCl. The van der Waals surface area contributed by atoms with Gasteiger partial charge >= 0.3 is 0 Å². The molecule has 0 aliphatic heterocycles. The molecule has 0 saturated heterocycles. The summed E-state index contributed by atoms with van der Waals surface area (Å²) in [6.07, 6.45) is 50.7. The Labute approximate surface area is 310 Å². The van der Waals surface area contributed by atoms with Gasteiger partial charge in [-0.05, 0) is 169 Å². The fraction of sp³-hybridized carbons (Fsp3) is 0.644. The monoisotopic (exact) mass is 708 g/mol. The Bertz CT molecular complexity index is 1160. The van der Waals surface area contributed by atoms with Gasteiger partial charge in [0.15, 0.2) is 0 Å². The minimum atomic E-state index is 0.194. The molecule has 0 heterocycles. The van der Waals surface area contributed by atoms with E-state index in [0.29, 0.717) is 0 Å². The second-order valence-corrected chi connectivity index (χ2v) is 15.9. The summed E-state index contributed by atoms with van der Waals surface area (Å²) in [6.45, 7) is 9.63. The molecule has 0 aromatic carbocycles. The van der Waals surface area contributed by atoms with Gasteiger partial charge in [-0.1, -0.05) is 79.0 Å². The second-order valence-electron chi connectivity index (χ2n) is 15.1. The zero-order chi connectivity index (χ0) is 34.8. The van der Waals surface area contributed by atoms with Crippen molar-refractivity contribution in [2.24, 2.45) is 71.0 Å². The summed E-state index contributed by atoms with van der Waals surface area (Å²) in [5, 5.41) is 0.194. The van der Waals surface area contributed by atoms with E-state index in [1.54, 1.807) is 6.26 Å². The number of hydrogen-bond donors (Lipinski definition) is 0. The Balaban J connectivity index is 0.000000168. The molecule has 0 spiro atoms. The topological polar surface area (TPSA) is 18.5 Å². The lowest BCUT2D eigenvalue weighted by Gasteiger charge is -2.18. The average Bonchev–Trinajstić information content (AvgIpc) is 3.97. The van der Waals surface area contributed by atoms with Crippen LogP contribution in [0.15, 0.2) is 97.6 Å². The molecular formula is C45H66Cl2O2. The molecule has 0 radical (unpaired) electrons. The van der Waals surface area contributed by atoms with Crippen molar-refractivity contribution in [3.8, 4) is 0 Å². The molecule has 0 N–H and O–H groups in total. The van der Waals surface area contributed by atoms with Gasteiger partial charge < -0.3 is 9.47 Å². The van der Waals surface area contributed by atoms with Crippen LogP contribution in [0.25, 0.3) is 0 Å². The normalized spacial score (nSPS) is 38.0. The highest BCUT2D eigenvalue weighted by Gasteiger charge is 2.44. The van der Waals surface area contributed by atoms with Crippen molar-refractivity contribution in [2.75, 3.05) is 18.6 Å². The molecular weight excluding hydrogens is 643 g/mol. The maximum atomic E-state index is 5.34. The number of fused-ring (bicyclic) bond motifs is 8. The summed E-state index contributed by atoms with van der Waals surface area (Å²) in [6, 6.07) is 0. The Kier molecular flexibility index (Phi) is 18.0. The molecule has 8 aliphatic carbocycles. The van der Waals surface area contributed by atoms with E-state index in [4.69, 9.17) is 32.7 Å². The zero-order valence-electron chi connectivity index (χ0n) is 30.9. The first-order chi connectivity index (χ1) is 24.0. The number of allylic oxidation sites excluding steroid dienone is 14. The van der Waals surface area contributed by atoms with Crippen molar-refractivity contribution in [1.82, 2.24) is 0 Å². The van der Waals surface area contributed by atoms with Gasteiger partial charge in [0, 0.05) is 0 Å². The molecule has 4 bridgehead atoms. The van der Waals surface area contributed by atoms with E-state index in [0.717, 1.165) is 84.2 Å². The minimum Gasteiger partial charge on any atom is -0.502 e. The van der Waals surface area contributed by atoms with Gasteiger partial charge in [-0.15, -0.1) is 23.2 Å². The summed E-state index contributed by atoms with van der Waals surface area (Å²) in [5.74, 6) is 10.5. The van der Waals surface area contributed by atoms with Gasteiger partial charge in [-0.2, -0.15) is 0 Å². The van der Waals surface area contributed by atoms with Crippen LogP contribution in [0.5, 0.6) is 0 Å². The highest BCUT2D eigenvalue weighted by Crippen LogP contribution is 2.52. The van der Waals surface area contributed by atoms with Gasteiger partial charge in [0.1, 0.15) is 0 Å². The summed E-state index contributed by atoms with van der Waals surface area (Å²) < 4.78 is 10.1. The molecule has 9 unspecified atom stereocenters. The van der Waals surface area contributed by atoms with Gasteiger partial charge in [0.05, 0.1) is 31.1 Å². The van der Waals surface area contributed by atoms with Crippen LogP contribution in [0.3, 0.4) is 0 Å². The van der Waals surface area contributed by atoms with Crippen molar-refractivity contribution in [2.45, 2.75) is 91.9 Å². The average molecular weight is 710 g/mol. The summed E-state index contributed by atoms with van der Waals surface area (Å²) in [7, 11) is 0. The number of halogens is 2. The fourth-order valence-corrected chi connectivity index (χ4v) is 9.78. The largest absolute Gasteiger partial charge is 0.502 e. The summed E-state index contributed by atoms with van der Waals surface area (Å²) >= 11 is 9.53. The number of alkyl halides is 2. The summed E-state index contributed by atoms with van der Waals surface area (Å²) in [4.78, 5) is 0. The fourth-order valence-electron chi connectivity index (χ4n) is 9.78. The van der Waals surface area contributed by atoms with Crippen molar-refractivity contribution in [3.63, 3.8) is 0 Å². The van der Waals surface area contributed by atoms with Gasteiger partial charge in [-0.3, -0.25) is 0 Å². The lowest BCUT2D eigenvalue weighted by Crippen LogP contribution is -2.12. The lowest BCUT2D eigenvalue weighted by molar-refractivity contribution is 0.266. The molecule has 12 atom stereocenters. The number of hydrogen-bond acceptors (Lipinski definition) is 2. The van der Waals surface area contributed by atoms with Crippen LogP contribution in [0.2, 0.25) is 0 Å². The minimum absolute atomic E-state index is 0.194. The molecule has 8 rings (SSSR count). The quantitative estimate of drug-likeness (QED) is 0.142. The van der Waals surface area contributed by atoms with Gasteiger partial charge in [-0.25, -0.2) is 0 Å². The Morgan fingerprint density at radius 1 is 0.571 bits per heavy atom. The Morgan fingerprint density at radius 2 is 1.20 bits per heavy atom. The highest BCUT2D eigenvalue weighted by atomic mass is 35.5. The highest BCUT2D eigenvalue weighted by molar-refractivity contribution is 6.40. The van der Waals surface area contributed by atoms with Gasteiger partial charge in [0.25, 0.3) is 0 Å². The maximum Gasteiger partial charge on any atom is 0.0967 e. The van der Waals surface area contributed by atoms with E-state index >= 15 is 0 Å². The molecule has 49 heavy (non-hydrogen) atoms. The van der Waals surface area contributed by atoms with Crippen LogP contribution in [0.4, 0.5) is 0 Å². The molecule has 4 saturated carbocycles. The smallest absolute Gasteiger partial charge is 0.0967 e. The number of ether oxygens (including phenoxy) is 2. The first-order valence-corrected chi connectivity index (χ1v) is 20.8. The molecule has 8 aliphatic rings. The van der Waals surface area contributed by atoms with Crippen LogP contribution in [-0.4, -0.2) is 18.6 Å². The Hall–Kier alpha value is -1.90. The Morgan fingerprint density at radius 3 is 1.78 bits per heavy atom. The second kappa shape index (κ2) is 22.1. The molecule has 4 fully saturated rings. The first kappa shape index (κ1) is 39.9. The predicted octanol–water partition coefficient (Wildman–Crippen LogP) is 13.2. The van der Waals surface area contributed by atoms with E-state index in [-0.39, 0.29) is 5.34 Å².